The molecule has 2 rings (SSSR count). The minimum absolute atomic E-state index is 0.500. The van der Waals surface area contributed by atoms with Crippen molar-refractivity contribution in [2.45, 2.75) is 25.7 Å². The number of hydrogen-bond donors (Lipinski definition) is 1. The molecule has 0 spiro atoms. The van der Waals surface area contributed by atoms with Crippen molar-refractivity contribution in [2.24, 2.45) is 0 Å². The highest BCUT2D eigenvalue weighted by molar-refractivity contribution is 5.87. The van der Waals surface area contributed by atoms with Crippen LogP contribution in [0.5, 0.6) is 0 Å². The van der Waals surface area contributed by atoms with E-state index < -0.39 is 11.9 Å². The molecule has 0 bridgehead atoms. The van der Waals surface area contributed by atoms with E-state index in [-0.39, 0.29) is 0 Å². The summed E-state index contributed by atoms with van der Waals surface area (Å²) >= 11 is 0. The van der Waals surface area contributed by atoms with Gasteiger partial charge in [-0.05, 0) is 18.1 Å². The Morgan fingerprint density at radius 2 is 2.18 bits per heavy atom. The molecular formula is C13H14N2O2. The molecule has 1 aromatic carbocycles. The molecule has 0 saturated heterocycles. The Morgan fingerprint density at radius 1 is 1.41 bits per heavy atom. The van der Waals surface area contributed by atoms with Crippen molar-refractivity contribution in [1.82, 2.24) is 10.2 Å². The molecule has 0 aliphatic rings. The maximum absolute atomic E-state index is 11.3. The lowest BCUT2D eigenvalue weighted by Gasteiger charge is -2.12. The largest absolute Gasteiger partial charge is 0.481 e. The van der Waals surface area contributed by atoms with Gasteiger partial charge in [-0.1, -0.05) is 31.5 Å². The number of fused-ring (bicyclic) bond motifs is 1. The highest BCUT2D eigenvalue weighted by atomic mass is 16.4. The smallest absolute Gasteiger partial charge is 0.311 e. The zero-order chi connectivity index (χ0) is 12.3. The van der Waals surface area contributed by atoms with Gasteiger partial charge in [0.1, 0.15) is 0 Å². The summed E-state index contributed by atoms with van der Waals surface area (Å²) in [5.41, 5.74) is 1.50. The van der Waals surface area contributed by atoms with Crippen LogP contribution in [-0.4, -0.2) is 21.3 Å². The number of nitrogens with zero attached hydrogens (tertiary/aromatic N) is 2. The molecule has 0 amide bonds. The SMILES string of the molecule is CCCC(C(=O)O)c1cnnc2ccccc12. The van der Waals surface area contributed by atoms with Gasteiger partial charge in [0.05, 0.1) is 17.6 Å². The third kappa shape index (κ3) is 2.25. The van der Waals surface area contributed by atoms with E-state index in [0.717, 1.165) is 22.9 Å². The molecular weight excluding hydrogens is 216 g/mol. The quantitative estimate of drug-likeness (QED) is 0.876. The van der Waals surface area contributed by atoms with Gasteiger partial charge in [0, 0.05) is 5.39 Å². The number of aromatic nitrogens is 2. The van der Waals surface area contributed by atoms with Crippen LogP contribution in [0.4, 0.5) is 0 Å². The van der Waals surface area contributed by atoms with Crippen LogP contribution in [0.2, 0.25) is 0 Å². The van der Waals surface area contributed by atoms with Crippen molar-refractivity contribution in [3.05, 3.63) is 36.0 Å². The Bertz CT molecular complexity index is 534. The number of benzene rings is 1. The number of carboxylic acids is 1. The van der Waals surface area contributed by atoms with Gasteiger partial charge in [0.25, 0.3) is 0 Å². The van der Waals surface area contributed by atoms with Crippen LogP contribution in [0.15, 0.2) is 30.5 Å². The minimum Gasteiger partial charge on any atom is -0.481 e. The van der Waals surface area contributed by atoms with Crippen molar-refractivity contribution in [3.63, 3.8) is 0 Å². The number of carbonyl (C=O) groups is 1. The molecule has 1 aromatic heterocycles. The molecule has 2 aromatic rings. The van der Waals surface area contributed by atoms with Crippen LogP contribution in [0.25, 0.3) is 10.9 Å². The molecule has 4 nitrogen and oxygen atoms in total. The Labute approximate surface area is 99.3 Å². The second-order valence-corrected chi connectivity index (χ2v) is 4.00. The summed E-state index contributed by atoms with van der Waals surface area (Å²) in [4.78, 5) is 11.3. The third-order valence-corrected chi connectivity index (χ3v) is 2.83. The first kappa shape index (κ1) is 11.5. The summed E-state index contributed by atoms with van der Waals surface area (Å²) in [6.45, 7) is 1.98. The summed E-state index contributed by atoms with van der Waals surface area (Å²) in [7, 11) is 0. The monoisotopic (exact) mass is 230 g/mol. The Hall–Kier alpha value is -1.97. The third-order valence-electron chi connectivity index (χ3n) is 2.83. The average molecular weight is 230 g/mol. The minimum atomic E-state index is -0.801. The molecule has 0 radical (unpaired) electrons. The van der Waals surface area contributed by atoms with E-state index in [1.165, 1.54) is 0 Å². The van der Waals surface area contributed by atoms with Crippen LogP contribution in [0, 0.1) is 0 Å². The molecule has 1 N–H and O–H groups in total. The molecule has 0 saturated carbocycles. The average Bonchev–Trinajstić information content (AvgIpc) is 2.35. The van der Waals surface area contributed by atoms with Crippen molar-refractivity contribution in [3.8, 4) is 0 Å². The van der Waals surface area contributed by atoms with Crippen LogP contribution in [-0.2, 0) is 4.79 Å². The summed E-state index contributed by atoms with van der Waals surface area (Å²) in [6, 6.07) is 7.50. The highest BCUT2D eigenvalue weighted by Crippen LogP contribution is 2.27. The van der Waals surface area contributed by atoms with Crippen LogP contribution >= 0.6 is 0 Å². The van der Waals surface area contributed by atoms with E-state index in [1.807, 2.05) is 31.2 Å². The predicted molar refractivity (Wildman–Crippen MR) is 64.8 cm³/mol. The number of carboxylic acid groups (broad SMARTS) is 1. The first-order chi connectivity index (χ1) is 8.24. The molecule has 17 heavy (non-hydrogen) atoms. The van der Waals surface area contributed by atoms with Gasteiger partial charge >= 0.3 is 5.97 Å². The molecule has 0 aliphatic heterocycles. The maximum Gasteiger partial charge on any atom is 0.311 e. The summed E-state index contributed by atoms with van der Waals surface area (Å²) in [6.07, 6.45) is 3.01. The fourth-order valence-electron chi connectivity index (χ4n) is 2.01. The highest BCUT2D eigenvalue weighted by Gasteiger charge is 2.21. The van der Waals surface area contributed by atoms with E-state index >= 15 is 0 Å². The van der Waals surface area contributed by atoms with Gasteiger partial charge in [-0.25, -0.2) is 0 Å². The fraction of sp³-hybridized carbons (Fsp3) is 0.308. The summed E-state index contributed by atoms with van der Waals surface area (Å²) in [5, 5.41) is 18.0. The van der Waals surface area contributed by atoms with Gasteiger partial charge in [0.2, 0.25) is 0 Å². The van der Waals surface area contributed by atoms with Crippen LogP contribution in [0.3, 0.4) is 0 Å². The maximum atomic E-state index is 11.3. The van der Waals surface area contributed by atoms with Crippen molar-refractivity contribution >= 4 is 16.9 Å². The van der Waals surface area contributed by atoms with Crippen molar-refractivity contribution in [1.29, 1.82) is 0 Å². The standard InChI is InChI=1S/C13H14N2O2/c1-2-5-10(13(16)17)11-8-14-15-12-7-4-3-6-9(11)12/h3-4,6-8,10H,2,5H2,1H3,(H,16,17). The van der Waals surface area contributed by atoms with E-state index in [0.29, 0.717) is 6.42 Å². The van der Waals surface area contributed by atoms with E-state index in [2.05, 4.69) is 10.2 Å². The topological polar surface area (TPSA) is 63.1 Å². The number of rotatable bonds is 4. The molecule has 1 heterocycles. The lowest BCUT2D eigenvalue weighted by atomic mass is 9.93. The molecule has 0 aliphatic carbocycles. The second-order valence-electron chi connectivity index (χ2n) is 4.00. The fourth-order valence-corrected chi connectivity index (χ4v) is 2.01. The molecule has 88 valence electrons. The zero-order valence-corrected chi connectivity index (χ0v) is 9.63. The van der Waals surface area contributed by atoms with E-state index in [9.17, 15) is 9.90 Å². The summed E-state index contributed by atoms with van der Waals surface area (Å²) < 4.78 is 0. The van der Waals surface area contributed by atoms with Crippen LogP contribution < -0.4 is 0 Å². The van der Waals surface area contributed by atoms with Crippen molar-refractivity contribution in [2.75, 3.05) is 0 Å². The van der Waals surface area contributed by atoms with Gasteiger partial charge in [-0.2, -0.15) is 10.2 Å². The first-order valence-electron chi connectivity index (χ1n) is 5.67. The molecule has 0 fully saturated rings. The summed E-state index contributed by atoms with van der Waals surface area (Å²) in [5.74, 6) is -1.30. The van der Waals surface area contributed by atoms with E-state index in [1.54, 1.807) is 6.20 Å². The first-order valence-corrected chi connectivity index (χ1v) is 5.67. The Kier molecular flexibility index (Phi) is 3.32. The zero-order valence-electron chi connectivity index (χ0n) is 9.63. The number of hydrogen-bond acceptors (Lipinski definition) is 3. The Morgan fingerprint density at radius 3 is 2.88 bits per heavy atom. The molecule has 1 unspecified atom stereocenters. The Balaban J connectivity index is 2.56. The van der Waals surface area contributed by atoms with Crippen molar-refractivity contribution < 1.29 is 9.90 Å². The second kappa shape index (κ2) is 4.91. The van der Waals surface area contributed by atoms with E-state index in [4.69, 9.17) is 0 Å². The predicted octanol–water partition coefficient (Wildman–Crippen LogP) is 2.60. The normalized spacial score (nSPS) is 12.5. The lowest BCUT2D eigenvalue weighted by molar-refractivity contribution is -0.138. The number of aliphatic carboxylic acids is 1. The van der Waals surface area contributed by atoms with Gasteiger partial charge in [-0.3, -0.25) is 4.79 Å². The van der Waals surface area contributed by atoms with Gasteiger partial charge < -0.3 is 5.11 Å². The van der Waals surface area contributed by atoms with Gasteiger partial charge in [0.15, 0.2) is 0 Å². The molecule has 4 heteroatoms. The molecule has 1 atom stereocenters. The van der Waals surface area contributed by atoms with Gasteiger partial charge in [-0.15, -0.1) is 0 Å². The lowest BCUT2D eigenvalue weighted by Crippen LogP contribution is -2.12. The van der Waals surface area contributed by atoms with Crippen LogP contribution in [0.1, 0.15) is 31.2 Å².